The summed E-state index contributed by atoms with van der Waals surface area (Å²) in [5.74, 6) is -0.0299. The molecule has 0 spiro atoms. The van der Waals surface area contributed by atoms with Gasteiger partial charge in [0.05, 0.1) is 5.75 Å². The molecule has 0 saturated carbocycles. The first-order chi connectivity index (χ1) is 7.63. The Morgan fingerprint density at radius 2 is 1.82 bits per heavy atom. The minimum absolute atomic E-state index is 0.0253. The van der Waals surface area contributed by atoms with E-state index >= 15 is 0 Å². The summed E-state index contributed by atoms with van der Waals surface area (Å²) >= 11 is 11.2. The third-order valence-electron chi connectivity index (χ3n) is 2.54. The largest absolute Gasteiger partial charge is 0.396 e. The van der Waals surface area contributed by atoms with Crippen molar-refractivity contribution in [1.29, 1.82) is 0 Å². The van der Waals surface area contributed by atoms with Crippen molar-refractivity contribution in [1.82, 2.24) is 8.24 Å². The van der Waals surface area contributed by atoms with Gasteiger partial charge in [-0.05, 0) is 50.2 Å². The zero-order valence-corrected chi connectivity index (χ0v) is 12.7. The van der Waals surface area contributed by atoms with Crippen LogP contribution in [-0.2, 0) is 10.0 Å². The molecule has 0 saturated heterocycles. The van der Waals surface area contributed by atoms with Gasteiger partial charge in [0.2, 0.25) is 10.0 Å². The Hall–Kier alpha value is 0.410. The maximum absolute atomic E-state index is 11.8. The van der Waals surface area contributed by atoms with Crippen LogP contribution in [-0.4, -0.2) is 53.3 Å². The summed E-state index contributed by atoms with van der Waals surface area (Å²) < 4.78 is 25.9. The van der Waals surface area contributed by atoms with E-state index in [2.05, 4.69) is 0 Å². The monoisotopic (exact) mass is 306 g/mol. The molecule has 0 aliphatic carbocycles. The lowest BCUT2D eigenvalue weighted by Gasteiger charge is -2.28. The second-order valence-electron chi connectivity index (χ2n) is 4.51. The molecule has 0 rings (SSSR count). The maximum atomic E-state index is 11.8. The van der Waals surface area contributed by atoms with Gasteiger partial charge in [-0.15, -0.1) is 3.94 Å². The molecule has 0 heterocycles. The molecule has 1 N–H and O–H groups in total. The third-order valence-corrected chi connectivity index (χ3v) is 5.30. The van der Waals surface area contributed by atoms with E-state index < -0.39 is 15.6 Å². The molecule has 0 unspecified atom stereocenters. The van der Waals surface area contributed by atoms with Crippen molar-refractivity contribution in [3.8, 4) is 0 Å². The Morgan fingerprint density at radius 1 is 1.29 bits per heavy atom. The fourth-order valence-corrected chi connectivity index (χ4v) is 2.70. The number of nitrogens with zero attached hydrogens (tertiary/aromatic N) is 2. The SMILES string of the molecule is CN(CCCO)S(=O)(=O)CCC(C)(C)N(Cl)Cl. The normalized spacial score (nSPS) is 13.6. The van der Waals surface area contributed by atoms with Crippen molar-refractivity contribution in [3.05, 3.63) is 0 Å². The standard InChI is InChI=1S/C9H20Cl2N2O3S/c1-9(2,13(10)11)5-8-17(15,16)12(3)6-4-7-14/h14H,4-8H2,1-3H3. The molecule has 0 aliphatic heterocycles. The van der Waals surface area contributed by atoms with E-state index in [0.717, 1.165) is 3.94 Å². The van der Waals surface area contributed by atoms with Crippen molar-refractivity contribution >= 4 is 33.6 Å². The predicted molar refractivity (Wildman–Crippen MR) is 70.4 cm³/mol. The molecule has 0 bridgehead atoms. The summed E-state index contributed by atoms with van der Waals surface area (Å²) in [7, 11) is -1.82. The van der Waals surface area contributed by atoms with E-state index in [0.29, 0.717) is 19.4 Å². The van der Waals surface area contributed by atoms with Gasteiger partial charge >= 0.3 is 0 Å². The fourth-order valence-electron chi connectivity index (χ4n) is 1.05. The molecule has 0 fully saturated rings. The Bertz CT molecular complexity index is 320. The summed E-state index contributed by atoms with van der Waals surface area (Å²) in [4.78, 5) is 0. The van der Waals surface area contributed by atoms with E-state index in [4.69, 9.17) is 28.7 Å². The van der Waals surface area contributed by atoms with Gasteiger partial charge in [-0.3, -0.25) is 0 Å². The second kappa shape index (κ2) is 7.11. The first-order valence-corrected chi connectivity index (χ1v) is 7.58. The van der Waals surface area contributed by atoms with Gasteiger partial charge in [0.25, 0.3) is 0 Å². The Labute approximate surface area is 114 Å². The third kappa shape index (κ3) is 6.22. The predicted octanol–water partition coefficient (Wildman–Crippen LogP) is 1.41. The van der Waals surface area contributed by atoms with Crippen LogP contribution in [0.5, 0.6) is 0 Å². The van der Waals surface area contributed by atoms with Gasteiger partial charge in [0.15, 0.2) is 0 Å². The van der Waals surface area contributed by atoms with Crippen molar-refractivity contribution in [2.75, 3.05) is 26.0 Å². The van der Waals surface area contributed by atoms with Gasteiger partial charge in [0, 0.05) is 25.7 Å². The molecule has 0 aromatic heterocycles. The van der Waals surface area contributed by atoms with Crippen LogP contribution < -0.4 is 0 Å². The lowest BCUT2D eigenvalue weighted by atomic mass is 10.0. The highest BCUT2D eigenvalue weighted by Gasteiger charge is 2.28. The smallest absolute Gasteiger partial charge is 0.213 e. The number of rotatable bonds is 8. The molecule has 17 heavy (non-hydrogen) atoms. The molecular weight excluding hydrogens is 287 g/mol. The van der Waals surface area contributed by atoms with Crippen molar-refractivity contribution in [3.63, 3.8) is 0 Å². The number of hydrogen-bond donors (Lipinski definition) is 1. The summed E-state index contributed by atoms with van der Waals surface area (Å²) in [6, 6.07) is 0. The molecular formula is C9H20Cl2N2O3S. The number of halogens is 2. The molecule has 0 atom stereocenters. The second-order valence-corrected chi connectivity index (χ2v) is 7.55. The summed E-state index contributed by atoms with van der Waals surface area (Å²) in [6.07, 6.45) is 0.752. The van der Waals surface area contributed by atoms with Crippen molar-refractivity contribution < 1.29 is 13.5 Å². The van der Waals surface area contributed by atoms with Crippen molar-refractivity contribution in [2.45, 2.75) is 32.2 Å². The molecule has 0 aromatic carbocycles. The van der Waals surface area contributed by atoms with E-state index in [1.807, 2.05) is 0 Å². The average molecular weight is 307 g/mol. The Morgan fingerprint density at radius 3 is 2.24 bits per heavy atom. The molecule has 0 aromatic rings. The highest BCUT2D eigenvalue weighted by atomic mass is 35.5. The zero-order chi connectivity index (χ0) is 13.7. The quantitative estimate of drug-likeness (QED) is 0.689. The molecule has 5 nitrogen and oxygen atoms in total. The van der Waals surface area contributed by atoms with Gasteiger partial charge in [-0.1, -0.05) is 0 Å². The van der Waals surface area contributed by atoms with E-state index in [1.54, 1.807) is 13.8 Å². The minimum atomic E-state index is -3.32. The van der Waals surface area contributed by atoms with Crippen molar-refractivity contribution in [2.24, 2.45) is 0 Å². The summed E-state index contributed by atoms with van der Waals surface area (Å²) in [6.45, 7) is 3.81. The lowest BCUT2D eigenvalue weighted by molar-refractivity contribution is 0.275. The van der Waals surface area contributed by atoms with Gasteiger partial charge in [-0.25, -0.2) is 12.7 Å². The highest BCUT2D eigenvalue weighted by molar-refractivity contribution is 7.89. The zero-order valence-electron chi connectivity index (χ0n) is 10.4. The average Bonchev–Trinajstić information content (AvgIpc) is 2.23. The van der Waals surface area contributed by atoms with Crippen LogP contribution in [0.4, 0.5) is 0 Å². The van der Waals surface area contributed by atoms with Crippen LogP contribution >= 0.6 is 23.6 Å². The Balaban J connectivity index is 4.37. The number of aliphatic hydroxyl groups excluding tert-OH is 1. The van der Waals surface area contributed by atoms with E-state index in [1.165, 1.54) is 11.4 Å². The minimum Gasteiger partial charge on any atom is -0.396 e. The van der Waals surface area contributed by atoms with Crippen LogP contribution in [0, 0.1) is 0 Å². The van der Waals surface area contributed by atoms with Crippen LogP contribution in [0.2, 0.25) is 0 Å². The van der Waals surface area contributed by atoms with Gasteiger partial charge in [-0.2, -0.15) is 0 Å². The van der Waals surface area contributed by atoms with Gasteiger partial charge < -0.3 is 5.11 Å². The Kier molecular flexibility index (Phi) is 7.28. The lowest BCUT2D eigenvalue weighted by Crippen LogP contribution is -2.37. The molecule has 0 radical (unpaired) electrons. The summed E-state index contributed by atoms with van der Waals surface area (Å²) in [5.41, 5.74) is -0.603. The van der Waals surface area contributed by atoms with Crippen LogP contribution in [0.1, 0.15) is 26.7 Å². The van der Waals surface area contributed by atoms with Gasteiger partial charge in [0.1, 0.15) is 0 Å². The highest BCUT2D eigenvalue weighted by Crippen LogP contribution is 2.24. The van der Waals surface area contributed by atoms with E-state index in [-0.39, 0.29) is 12.4 Å². The van der Waals surface area contributed by atoms with Crippen LogP contribution in [0.15, 0.2) is 0 Å². The summed E-state index contributed by atoms with van der Waals surface area (Å²) in [5, 5.41) is 8.65. The first kappa shape index (κ1) is 17.4. The first-order valence-electron chi connectivity index (χ1n) is 5.30. The molecule has 8 heteroatoms. The molecule has 0 amide bonds. The fraction of sp³-hybridized carbons (Fsp3) is 1.00. The number of hydrogen-bond acceptors (Lipinski definition) is 4. The van der Waals surface area contributed by atoms with Crippen LogP contribution in [0.25, 0.3) is 0 Å². The topological polar surface area (TPSA) is 60.9 Å². The maximum Gasteiger partial charge on any atom is 0.213 e. The van der Waals surface area contributed by atoms with E-state index in [9.17, 15) is 8.42 Å². The number of sulfonamides is 1. The molecule has 104 valence electrons. The van der Waals surface area contributed by atoms with Crippen LogP contribution in [0.3, 0.4) is 0 Å². The molecule has 0 aliphatic rings. The number of aliphatic hydroxyl groups is 1.